The summed E-state index contributed by atoms with van der Waals surface area (Å²) >= 11 is 0. The SMILES string of the molecule is Cc1ccc(P(=O)(C2CC2)C2CC2)cc1. The van der Waals surface area contributed by atoms with Gasteiger partial charge in [-0.15, -0.1) is 0 Å². The Morgan fingerprint density at radius 1 is 1.00 bits per heavy atom. The largest absolute Gasteiger partial charge is 0.318 e. The third-order valence-electron chi connectivity index (χ3n) is 3.62. The minimum absolute atomic E-state index is 0.535. The van der Waals surface area contributed by atoms with Crippen LogP contribution in [0.2, 0.25) is 0 Å². The fraction of sp³-hybridized carbons (Fsp3) is 0.538. The van der Waals surface area contributed by atoms with E-state index in [1.165, 1.54) is 31.2 Å². The summed E-state index contributed by atoms with van der Waals surface area (Å²) in [7, 11) is -2.01. The van der Waals surface area contributed by atoms with Gasteiger partial charge in [0.05, 0.1) is 0 Å². The average molecular weight is 220 g/mol. The summed E-state index contributed by atoms with van der Waals surface area (Å²) in [6.45, 7) is 2.09. The lowest BCUT2D eigenvalue weighted by molar-refractivity contribution is 0.579. The van der Waals surface area contributed by atoms with E-state index in [-0.39, 0.29) is 0 Å². The van der Waals surface area contributed by atoms with Gasteiger partial charge in [0.15, 0.2) is 0 Å². The maximum Gasteiger partial charge on any atom is 0.121 e. The van der Waals surface area contributed by atoms with Crippen molar-refractivity contribution in [2.24, 2.45) is 0 Å². The molecule has 2 aliphatic carbocycles. The molecule has 80 valence electrons. The van der Waals surface area contributed by atoms with Gasteiger partial charge in [0.1, 0.15) is 7.14 Å². The van der Waals surface area contributed by atoms with Crippen LogP contribution in [0.15, 0.2) is 24.3 Å². The molecule has 0 atom stereocenters. The second kappa shape index (κ2) is 3.22. The Morgan fingerprint density at radius 3 is 1.87 bits per heavy atom. The van der Waals surface area contributed by atoms with Crippen molar-refractivity contribution in [2.45, 2.75) is 43.9 Å². The summed E-state index contributed by atoms with van der Waals surface area (Å²) in [6.07, 6.45) is 4.78. The van der Waals surface area contributed by atoms with E-state index in [1.54, 1.807) is 0 Å². The lowest BCUT2D eigenvalue weighted by Gasteiger charge is -2.17. The molecule has 3 rings (SSSR count). The molecule has 2 fully saturated rings. The minimum atomic E-state index is -2.01. The number of rotatable bonds is 3. The molecule has 0 radical (unpaired) electrons. The highest BCUT2D eigenvalue weighted by molar-refractivity contribution is 7.73. The van der Waals surface area contributed by atoms with E-state index in [9.17, 15) is 4.57 Å². The molecule has 0 heterocycles. The molecule has 0 aromatic heterocycles. The summed E-state index contributed by atoms with van der Waals surface area (Å²) in [4.78, 5) is 0. The first-order valence-corrected chi connectivity index (χ1v) is 7.72. The molecule has 1 nitrogen and oxygen atoms in total. The average Bonchev–Trinajstić information content (AvgIpc) is 3.07. The Hall–Kier alpha value is -0.550. The topological polar surface area (TPSA) is 17.1 Å². The third kappa shape index (κ3) is 1.58. The zero-order chi connectivity index (χ0) is 10.5. The Balaban J connectivity index is 2.01. The van der Waals surface area contributed by atoms with Crippen LogP contribution in [0.5, 0.6) is 0 Å². The van der Waals surface area contributed by atoms with Crippen molar-refractivity contribution in [1.29, 1.82) is 0 Å². The zero-order valence-electron chi connectivity index (χ0n) is 9.15. The molecule has 0 saturated heterocycles. The van der Waals surface area contributed by atoms with E-state index in [1.807, 2.05) is 0 Å². The van der Waals surface area contributed by atoms with Crippen LogP contribution in [0.4, 0.5) is 0 Å². The van der Waals surface area contributed by atoms with Crippen LogP contribution in [0.1, 0.15) is 31.2 Å². The van der Waals surface area contributed by atoms with Crippen molar-refractivity contribution < 1.29 is 4.57 Å². The lowest BCUT2D eigenvalue weighted by Crippen LogP contribution is -2.11. The maximum absolute atomic E-state index is 13.1. The molecule has 2 saturated carbocycles. The summed E-state index contributed by atoms with van der Waals surface area (Å²) in [6, 6.07) is 8.42. The van der Waals surface area contributed by atoms with E-state index in [2.05, 4.69) is 31.2 Å². The van der Waals surface area contributed by atoms with Crippen LogP contribution in [0.25, 0.3) is 0 Å². The van der Waals surface area contributed by atoms with Crippen LogP contribution in [-0.2, 0) is 4.57 Å². The monoisotopic (exact) mass is 220 g/mol. The van der Waals surface area contributed by atoms with Crippen molar-refractivity contribution in [1.82, 2.24) is 0 Å². The normalized spacial score (nSPS) is 21.7. The summed E-state index contributed by atoms with van der Waals surface area (Å²) < 4.78 is 13.1. The standard InChI is InChI=1S/C13H17OP/c1-10-2-4-11(5-3-10)15(14,12-6-7-12)13-8-9-13/h2-5,12-13H,6-9H2,1H3. The third-order valence-corrected chi connectivity index (χ3v) is 7.92. The first kappa shape index (κ1) is 9.66. The molecule has 0 N–H and O–H groups in total. The molecule has 1 aromatic rings. The van der Waals surface area contributed by atoms with Crippen LogP contribution >= 0.6 is 7.14 Å². The fourth-order valence-corrected chi connectivity index (χ4v) is 6.30. The van der Waals surface area contributed by atoms with Crippen molar-refractivity contribution in [2.75, 3.05) is 0 Å². The van der Waals surface area contributed by atoms with Gasteiger partial charge < -0.3 is 4.57 Å². The lowest BCUT2D eigenvalue weighted by atomic mass is 10.2. The van der Waals surface area contributed by atoms with Gasteiger partial charge >= 0.3 is 0 Å². The van der Waals surface area contributed by atoms with E-state index in [0.29, 0.717) is 11.3 Å². The Morgan fingerprint density at radius 2 is 1.47 bits per heavy atom. The van der Waals surface area contributed by atoms with Crippen LogP contribution in [0.3, 0.4) is 0 Å². The first-order chi connectivity index (χ1) is 7.21. The van der Waals surface area contributed by atoms with Gasteiger partial charge in [0, 0.05) is 16.6 Å². The van der Waals surface area contributed by atoms with E-state index >= 15 is 0 Å². The molecule has 0 amide bonds. The number of benzene rings is 1. The van der Waals surface area contributed by atoms with E-state index in [4.69, 9.17) is 0 Å². The molecule has 2 aliphatic rings. The van der Waals surface area contributed by atoms with Gasteiger partial charge in [-0.05, 0) is 32.6 Å². The number of aryl methyl sites for hydroxylation is 1. The Labute approximate surface area is 91.3 Å². The Kier molecular flexibility index (Phi) is 2.07. The van der Waals surface area contributed by atoms with Gasteiger partial charge in [-0.2, -0.15) is 0 Å². The molecular formula is C13H17OP. The molecule has 1 aromatic carbocycles. The van der Waals surface area contributed by atoms with Crippen LogP contribution < -0.4 is 5.30 Å². The Bertz CT molecular complexity index is 397. The predicted octanol–water partition coefficient (Wildman–Crippen LogP) is 3.31. The smallest absolute Gasteiger partial charge is 0.121 e. The quantitative estimate of drug-likeness (QED) is 0.714. The van der Waals surface area contributed by atoms with Crippen LogP contribution in [-0.4, -0.2) is 11.3 Å². The number of hydrogen-bond acceptors (Lipinski definition) is 1. The summed E-state index contributed by atoms with van der Waals surface area (Å²) in [5.41, 5.74) is 2.33. The molecule has 0 unspecified atom stereocenters. The van der Waals surface area contributed by atoms with Gasteiger partial charge in [0.2, 0.25) is 0 Å². The first-order valence-electron chi connectivity index (χ1n) is 5.88. The van der Waals surface area contributed by atoms with E-state index < -0.39 is 7.14 Å². The second-order valence-corrected chi connectivity index (χ2v) is 8.40. The second-order valence-electron chi connectivity index (χ2n) is 5.01. The fourth-order valence-electron chi connectivity index (χ4n) is 2.41. The summed E-state index contributed by atoms with van der Waals surface area (Å²) in [5.74, 6) is 0. The van der Waals surface area contributed by atoms with Crippen molar-refractivity contribution in [3.63, 3.8) is 0 Å². The molecule has 0 spiro atoms. The number of hydrogen-bond donors (Lipinski definition) is 0. The highest BCUT2D eigenvalue weighted by Gasteiger charge is 2.51. The van der Waals surface area contributed by atoms with Crippen molar-refractivity contribution in [3.05, 3.63) is 29.8 Å². The van der Waals surface area contributed by atoms with Crippen molar-refractivity contribution in [3.8, 4) is 0 Å². The molecule has 2 heteroatoms. The van der Waals surface area contributed by atoms with Gasteiger partial charge in [0.25, 0.3) is 0 Å². The molecular weight excluding hydrogens is 203 g/mol. The highest BCUT2D eigenvalue weighted by Crippen LogP contribution is 2.69. The van der Waals surface area contributed by atoms with Gasteiger partial charge in [-0.3, -0.25) is 0 Å². The zero-order valence-corrected chi connectivity index (χ0v) is 10.0. The maximum atomic E-state index is 13.1. The highest BCUT2D eigenvalue weighted by atomic mass is 31.2. The van der Waals surface area contributed by atoms with Gasteiger partial charge in [-0.25, -0.2) is 0 Å². The summed E-state index contributed by atoms with van der Waals surface area (Å²) in [5, 5.41) is 1.15. The van der Waals surface area contributed by atoms with Crippen LogP contribution in [0, 0.1) is 6.92 Å². The minimum Gasteiger partial charge on any atom is -0.318 e. The predicted molar refractivity (Wildman–Crippen MR) is 64.5 cm³/mol. The molecule has 0 aliphatic heterocycles. The van der Waals surface area contributed by atoms with Gasteiger partial charge in [-0.1, -0.05) is 29.8 Å². The van der Waals surface area contributed by atoms with E-state index in [0.717, 1.165) is 5.30 Å². The van der Waals surface area contributed by atoms with Crippen molar-refractivity contribution >= 4 is 12.4 Å². The molecule has 0 bridgehead atoms. The molecule has 15 heavy (non-hydrogen) atoms.